The van der Waals surface area contributed by atoms with Crippen molar-refractivity contribution in [3.05, 3.63) is 133 Å². The van der Waals surface area contributed by atoms with Crippen LogP contribution in [0.4, 0.5) is 17.1 Å². The summed E-state index contributed by atoms with van der Waals surface area (Å²) in [5.41, 5.74) is 7.46. The highest BCUT2D eigenvalue weighted by Crippen LogP contribution is 2.41. The van der Waals surface area contributed by atoms with Crippen LogP contribution in [0.5, 0.6) is 0 Å². The van der Waals surface area contributed by atoms with Gasteiger partial charge >= 0.3 is 0 Å². The molecule has 0 aliphatic heterocycles. The molecule has 10 aromatic rings. The molecule has 280 valence electrons. The lowest BCUT2D eigenvalue weighted by Gasteiger charge is -2.37. The Kier molecular flexibility index (Phi) is 11.4. The average molecular weight is 817 g/mol. The van der Waals surface area contributed by atoms with E-state index in [0.29, 0.717) is 22.4 Å². The minimum Gasteiger partial charge on any atom is -0.455 e. The van der Waals surface area contributed by atoms with Crippen molar-refractivity contribution in [2.24, 2.45) is 0 Å². The third-order valence-corrected chi connectivity index (χ3v) is 12.7. The standard InChI is InChI=1S/C52H22B13NO/c53-37-33(26-18-16-24(17-19-26)23-8-2-1-3-9-23)38(54)47(63)50(46(37)62)66(51-48(64)41(57)36(42(58)49(51)65)35-39(55)43(59)45(61)44(60)40(35)56)28-12-6-11-27(22-28)29-14-7-15-32-34(29)31-21-20-25-10-4-5-13-30(25)52(31)67-32/h1-22H. The van der Waals surface area contributed by atoms with Gasteiger partial charge in [0.25, 0.3) is 0 Å². The maximum atomic E-state index is 7.16. The van der Waals surface area contributed by atoms with Gasteiger partial charge in [0, 0.05) is 33.2 Å². The predicted octanol–water partition coefficient (Wildman–Crippen LogP) is -0.804. The molecule has 0 fully saturated rings. The van der Waals surface area contributed by atoms with Crippen molar-refractivity contribution in [3.8, 4) is 44.5 Å². The van der Waals surface area contributed by atoms with Crippen LogP contribution in [0.15, 0.2) is 138 Å². The fraction of sp³-hybridized carbons (Fsp3) is 0. The Bertz CT molecular complexity index is 3600. The molecular formula is C52H22B13NO. The minimum absolute atomic E-state index is 0.00341. The fourth-order valence-corrected chi connectivity index (χ4v) is 9.25. The summed E-state index contributed by atoms with van der Waals surface area (Å²) in [5.74, 6) is 0. The molecule has 0 aliphatic carbocycles. The maximum Gasteiger partial charge on any atom is 0.143 e. The van der Waals surface area contributed by atoms with Crippen LogP contribution in [-0.4, -0.2) is 102 Å². The number of anilines is 3. The molecule has 0 atom stereocenters. The van der Waals surface area contributed by atoms with E-state index in [1.54, 1.807) is 4.90 Å². The lowest BCUT2D eigenvalue weighted by Crippen LogP contribution is -2.57. The van der Waals surface area contributed by atoms with Crippen LogP contribution in [0.25, 0.3) is 77.2 Å². The van der Waals surface area contributed by atoms with E-state index < -0.39 is 0 Å². The van der Waals surface area contributed by atoms with E-state index >= 15 is 0 Å². The average Bonchev–Trinajstić information content (AvgIpc) is 3.75. The van der Waals surface area contributed by atoms with E-state index in [0.717, 1.165) is 49.4 Å². The Balaban J connectivity index is 1.22. The lowest BCUT2D eigenvalue weighted by molar-refractivity contribution is 0.673. The first-order valence-corrected chi connectivity index (χ1v) is 21.1. The first-order chi connectivity index (χ1) is 32.2. The smallest absolute Gasteiger partial charge is 0.143 e. The van der Waals surface area contributed by atoms with Gasteiger partial charge in [0.2, 0.25) is 0 Å². The molecule has 0 aliphatic rings. The molecule has 26 radical (unpaired) electrons. The first kappa shape index (κ1) is 44.5. The molecule has 0 saturated heterocycles. The number of nitrogens with zero attached hydrogens (tertiary/aromatic N) is 1. The van der Waals surface area contributed by atoms with E-state index in [1.165, 1.54) is 0 Å². The summed E-state index contributed by atoms with van der Waals surface area (Å²) in [6.07, 6.45) is 0. The third kappa shape index (κ3) is 7.06. The van der Waals surface area contributed by atoms with Crippen LogP contribution in [0.3, 0.4) is 0 Å². The highest BCUT2D eigenvalue weighted by Gasteiger charge is 2.28. The third-order valence-electron chi connectivity index (χ3n) is 12.7. The van der Waals surface area contributed by atoms with Gasteiger partial charge in [-0.2, -0.15) is 0 Å². The van der Waals surface area contributed by atoms with Crippen molar-refractivity contribution < 1.29 is 4.42 Å². The molecule has 0 unspecified atom stereocenters. The van der Waals surface area contributed by atoms with Crippen LogP contribution < -0.4 is 75.9 Å². The van der Waals surface area contributed by atoms with Gasteiger partial charge in [0.15, 0.2) is 0 Å². The molecule has 9 aromatic carbocycles. The van der Waals surface area contributed by atoms with Crippen molar-refractivity contribution in [2.75, 3.05) is 4.90 Å². The van der Waals surface area contributed by atoms with Gasteiger partial charge in [-0.3, -0.25) is 0 Å². The summed E-state index contributed by atoms with van der Waals surface area (Å²) in [4.78, 5) is 1.66. The molecule has 67 heavy (non-hydrogen) atoms. The molecule has 0 N–H and O–H groups in total. The second kappa shape index (κ2) is 17.1. The van der Waals surface area contributed by atoms with Crippen molar-refractivity contribution in [1.29, 1.82) is 0 Å². The Morgan fingerprint density at radius 3 is 1.42 bits per heavy atom. The number of benzene rings is 9. The number of hydrogen-bond donors (Lipinski definition) is 0. The van der Waals surface area contributed by atoms with Crippen molar-refractivity contribution >= 4 is 223 Å². The lowest BCUT2D eigenvalue weighted by atomic mass is 9.56. The van der Waals surface area contributed by atoms with Crippen LogP contribution in [0.1, 0.15) is 0 Å². The van der Waals surface area contributed by atoms with E-state index in [2.05, 4.69) is 18.2 Å². The Hall–Kier alpha value is -6.32. The molecule has 1 aromatic heterocycles. The van der Waals surface area contributed by atoms with Gasteiger partial charge in [-0.15, -0.1) is 16.4 Å². The number of furan rings is 1. The molecule has 10 rings (SSSR count). The molecule has 2 nitrogen and oxygen atoms in total. The summed E-state index contributed by atoms with van der Waals surface area (Å²) >= 11 is 0. The predicted molar refractivity (Wildman–Crippen MR) is 298 cm³/mol. The summed E-state index contributed by atoms with van der Waals surface area (Å²) in [6.45, 7) is 0. The summed E-state index contributed by atoms with van der Waals surface area (Å²) in [6, 6.07) is 43.6. The number of fused-ring (bicyclic) bond motifs is 5. The zero-order valence-corrected chi connectivity index (χ0v) is 36.1. The van der Waals surface area contributed by atoms with Crippen molar-refractivity contribution in [2.45, 2.75) is 0 Å². The van der Waals surface area contributed by atoms with Crippen molar-refractivity contribution in [3.63, 3.8) is 0 Å². The molecule has 0 bridgehead atoms. The molecular weight excluding hydrogens is 795 g/mol. The fourth-order valence-electron chi connectivity index (χ4n) is 9.25. The first-order valence-electron chi connectivity index (χ1n) is 21.1. The topological polar surface area (TPSA) is 16.4 Å². The zero-order chi connectivity index (χ0) is 47.2. The molecule has 0 spiro atoms. The number of rotatable bonds is 7. The van der Waals surface area contributed by atoms with Crippen LogP contribution in [0, 0.1) is 0 Å². The molecule has 0 saturated carbocycles. The largest absolute Gasteiger partial charge is 0.455 e. The monoisotopic (exact) mass is 819 g/mol. The molecule has 1 heterocycles. The highest BCUT2D eigenvalue weighted by molar-refractivity contribution is 6.71. The molecule has 0 amide bonds. The van der Waals surface area contributed by atoms with Crippen LogP contribution >= 0.6 is 0 Å². The van der Waals surface area contributed by atoms with Gasteiger partial charge in [0.1, 0.15) is 113 Å². The van der Waals surface area contributed by atoms with E-state index in [1.807, 2.05) is 115 Å². The van der Waals surface area contributed by atoms with Crippen molar-refractivity contribution in [1.82, 2.24) is 0 Å². The Morgan fingerprint density at radius 1 is 0.328 bits per heavy atom. The van der Waals surface area contributed by atoms with Crippen LogP contribution in [-0.2, 0) is 0 Å². The van der Waals surface area contributed by atoms with E-state index in [4.69, 9.17) is 106 Å². The van der Waals surface area contributed by atoms with Crippen LogP contribution in [0.2, 0.25) is 0 Å². The second-order valence-electron chi connectivity index (χ2n) is 16.5. The maximum absolute atomic E-state index is 7.16. The summed E-state index contributed by atoms with van der Waals surface area (Å²) < 4.78 is 6.55. The highest BCUT2D eigenvalue weighted by atomic mass is 16.3. The van der Waals surface area contributed by atoms with Gasteiger partial charge < -0.3 is 9.32 Å². The summed E-state index contributed by atoms with van der Waals surface area (Å²) in [5, 5.41) is 3.91. The number of hydrogen-bond acceptors (Lipinski definition) is 2. The van der Waals surface area contributed by atoms with Gasteiger partial charge in [-0.05, 0) is 74.2 Å². The Labute approximate surface area is 407 Å². The normalized spacial score (nSPS) is 11.5. The SMILES string of the molecule is [B]c1c([B])c([B])c(-c2c([B])c([B])c(N(c3cccc(-c4cccc5oc6c7ccccc7ccc6c45)c3)c3c([B])c([B])c(-c4ccc(-c5ccccc5)cc4)c([B])c3[B])c([B])c2[B])c([B])c1[B]. The van der Waals surface area contributed by atoms with Gasteiger partial charge in [-0.1, -0.05) is 164 Å². The quantitative estimate of drug-likeness (QED) is 0.196. The van der Waals surface area contributed by atoms with Gasteiger partial charge in [-0.25, -0.2) is 0 Å². The van der Waals surface area contributed by atoms with Gasteiger partial charge in [0.05, 0.1) is 0 Å². The van der Waals surface area contributed by atoms with E-state index in [9.17, 15) is 0 Å². The van der Waals surface area contributed by atoms with E-state index in [-0.39, 0.29) is 93.5 Å². The second-order valence-corrected chi connectivity index (χ2v) is 16.5. The molecule has 15 heteroatoms. The summed E-state index contributed by atoms with van der Waals surface area (Å²) in [7, 11) is 88.4. The Morgan fingerprint density at radius 2 is 0.806 bits per heavy atom. The minimum atomic E-state index is -0.0556. The zero-order valence-electron chi connectivity index (χ0n) is 36.1.